The maximum Gasteiger partial charge on any atom is 0.501 e. The van der Waals surface area contributed by atoms with Crippen molar-refractivity contribution in [2.24, 2.45) is 5.92 Å². The summed E-state index contributed by atoms with van der Waals surface area (Å²) in [6.45, 7) is 2.28. The van der Waals surface area contributed by atoms with Crippen LogP contribution in [-0.4, -0.2) is 94.0 Å². The van der Waals surface area contributed by atoms with Crippen LogP contribution in [0.15, 0.2) is 136 Å². The lowest BCUT2D eigenvalue weighted by Gasteiger charge is -2.36. The number of amides is 1. The van der Waals surface area contributed by atoms with E-state index < -0.39 is 58.9 Å². The molecule has 346 valence electrons. The second-order valence-corrected chi connectivity index (χ2v) is 21.3. The number of β-amino-alcohol motifs (C(OH)–C–C–N with tert-alkyl or cyclic N) is 1. The van der Waals surface area contributed by atoms with Gasteiger partial charge in [-0.2, -0.15) is 13.2 Å². The zero-order valence-electron chi connectivity index (χ0n) is 35.2. The number of hydrogen-bond donors (Lipinski definition) is 4. The summed E-state index contributed by atoms with van der Waals surface area (Å²) in [4.78, 5) is 16.3. The van der Waals surface area contributed by atoms with Gasteiger partial charge in [0.2, 0.25) is 0 Å². The van der Waals surface area contributed by atoms with Crippen molar-refractivity contribution in [2.75, 3.05) is 48.8 Å². The number of nitrogens with zero attached hydrogens (tertiary/aromatic N) is 2. The van der Waals surface area contributed by atoms with Gasteiger partial charge in [0.1, 0.15) is 4.90 Å². The second kappa shape index (κ2) is 20.9. The van der Waals surface area contributed by atoms with Crippen LogP contribution in [0, 0.1) is 5.92 Å². The number of carbonyl (C=O) groups excluding carboxylic acids is 1. The van der Waals surface area contributed by atoms with Crippen LogP contribution in [0.25, 0.3) is 11.1 Å². The zero-order chi connectivity index (χ0) is 46.4. The lowest BCUT2D eigenvalue weighted by Crippen LogP contribution is -2.38. The number of aliphatic hydroxyl groups is 2. The Morgan fingerprint density at radius 3 is 2.20 bits per heavy atom. The molecule has 0 saturated carbocycles. The molecule has 5 aromatic rings. The van der Waals surface area contributed by atoms with Crippen molar-refractivity contribution >= 4 is 60.5 Å². The smallest absolute Gasteiger partial charge is 0.395 e. The molecule has 2 aliphatic heterocycles. The third kappa shape index (κ3) is 11.7. The maximum atomic E-state index is 14.2. The van der Waals surface area contributed by atoms with Crippen molar-refractivity contribution in [1.82, 2.24) is 9.62 Å². The predicted octanol–water partition coefficient (Wildman–Crippen LogP) is 8.79. The molecule has 65 heavy (non-hydrogen) atoms. The van der Waals surface area contributed by atoms with Gasteiger partial charge in [-0.15, -0.1) is 11.8 Å². The molecule has 0 aromatic heterocycles. The summed E-state index contributed by atoms with van der Waals surface area (Å²) in [5.74, 6) is -0.759. The number of halogens is 4. The SMILES string of the molecule is O=C(NS(=O)(=O)c1ccc(N[C@@H](CSc2ccccc2)C[C@H]2CCCN2CCO)c(S(=O)(=O)C(F)(F)F)c1)c1ccc(N2CCC([C@@H](O)c3ccccc3-c3ccc(Cl)cc3)CC2)cc1. The van der Waals surface area contributed by atoms with Crippen molar-refractivity contribution in [1.29, 1.82) is 0 Å². The molecule has 5 aromatic carbocycles. The Labute approximate surface area is 387 Å². The average molecular weight is 972 g/mol. The van der Waals surface area contributed by atoms with Gasteiger partial charge in [0.25, 0.3) is 25.8 Å². The number of hydrogen-bond acceptors (Lipinski definition) is 11. The maximum absolute atomic E-state index is 14.2. The molecule has 4 N–H and O–H groups in total. The molecule has 11 nitrogen and oxygen atoms in total. The highest BCUT2D eigenvalue weighted by Gasteiger charge is 2.48. The molecule has 2 heterocycles. The molecule has 0 spiro atoms. The number of nitrogens with one attached hydrogen (secondary N) is 2. The Morgan fingerprint density at radius 2 is 1.52 bits per heavy atom. The molecule has 7 rings (SSSR count). The summed E-state index contributed by atoms with van der Waals surface area (Å²) in [6, 6.07) is 32.4. The fourth-order valence-corrected chi connectivity index (χ4v) is 11.7. The highest BCUT2D eigenvalue weighted by Crippen LogP contribution is 2.39. The minimum atomic E-state index is -6.10. The molecule has 0 bridgehead atoms. The van der Waals surface area contributed by atoms with Gasteiger partial charge < -0.3 is 20.4 Å². The molecule has 2 saturated heterocycles. The predicted molar refractivity (Wildman–Crippen MR) is 248 cm³/mol. The zero-order valence-corrected chi connectivity index (χ0v) is 38.4. The van der Waals surface area contributed by atoms with E-state index in [1.165, 1.54) is 23.9 Å². The van der Waals surface area contributed by atoms with E-state index in [-0.39, 0.29) is 24.1 Å². The van der Waals surface area contributed by atoms with Gasteiger partial charge in [-0.1, -0.05) is 66.2 Å². The number of anilines is 2. The first-order valence-corrected chi connectivity index (χ1v) is 25.6. The van der Waals surface area contributed by atoms with Gasteiger partial charge in [0.15, 0.2) is 0 Å². The minimum absolute atomic E-state index is 0.0215. The molecular weight excluding hydrogens is 921 g/mol. The molecule has 0 aliphatic carbocycles. The molecule has 1 amide bonds. The summed E-state index contributed by atoms with van der Waals surface area (Å²) in [5.41, 5.74) is -2.79. The number of thioether (sulfide) groups is 1. The van der Waals surface area contributed by atoms with Gasteiger partial charge in [-0.05, 0) is 128 Å². The van der Waals surface area contributed by atoms with E-state index in [1.54, 1.807) is 12.1 Å². The number of sulfonamides is 1. The number of carbonyl (C=O) groups is 1. The molecular formula is C47H50ClF3N4O7S3. The normalized spacial score (nSPS) is 17.4. The Bertz CT molecular complexity index is 2640. The van der Waals surface area contributed by atoms with Crippen molar-refractivity contribution in [3.63, 3.8) is 0 Å². The Morgan fingerprint density at radius 1 is 0.846 bits per heavy atom. The standard InChI is InChI=1S/C47H50ClF3N4O7S3/c48-35-16-12-32(13-17-35)41-10-4-5-11-42(41)45(57)33-22-25-55(26-23-33)37-18-14-34(15-19-37)46(58)53-65(61,62)40-20-21-43(44(30-40)64(59,60)47(49,50)51)52-36(31-63-39-8-2-1-3-9-39)29-38-7-6-24-54(38)27-28-56/h1-5,8-21,30,33,36,38,45,52,56-57H,6-7,22-29,31H2,(H,53,58)/t36-,38-,45-/m1/s1. The highest BCUT2D eigenvalue weighted by molar-refractivity contribution is 7.99. The van der Waals surface area contributed by atoms with E-state index in [4.69, 9.17) is 11.6 Å². The van der Waals surface area contributed by atoms with Gasteiger partial charge in [-0.25, -0.2) is 21.6 Å². The van der Waals surface area contributed by atoms with E-state index in [9.17, 15) is 45.0 Å². The Balaban J connectivity index is 1.04. The molecule has 18 heteroatoms. The van der Waals surface area contributed by atoms with Crippen LogP contribution in [0.1, 0.15) is 54.1 Å². The number of alkyl halides is 3. The lowest BCUT2D eigenvalue weighted by atomic mass is 9.84. The van der Waals surface area contributed by atoms with Crippen molar-refractivity contribution in [2.45, 2.75) is 70.5 Å². The number of benzene rings is 5. The first kappa shape index (κ1) is 48.3. The van der Waals surface area contributed by atoms with Crippen LogP contribution in [0.2, 0.25) is 5.02 Å². The highest BCUT2D eigenvalue weighted by atomic mass is 35.5. The average Bonchev–Trinajstić information content (AvgIpc) is 3.74. The van der Waals surface area contributed by atoms with Gasteiger partial charge in [0, 0.05) is 58.6 Å². The third-order valence-corrected chi connectivity index (χ3v) is 16.3. The topological polar surface area (TPSA) is 156 Å². The van der Waals surface area contributed by atoms with Gasteiger partial charge >= 0.3 is 5.51 Å². The number of sulfone groups is 1. The lowest BCUT2D eigenvalue weighted by molar-refractivity contribution is -0.0435. The summed E-state index contributed by atoms with van der Waals surface area (Å²) in [7, 11) is -11.0. The van der Waals surface area contributed by atoms with Gasteiger partial charge in [-0.3, -0.25) is 9.69 Å². The third-order valence-electron chi connectivity index (χ3n) is 12.0. The summed E-state index contributed by atoms with van der Waals surface area (Å²) in [6.07, 6.45) is 2.67. The van der Waals surface area contributed by atoms with E-state index in [0.29, 0.717) is 55.7 Å². The number of likely N-dealkylation sites (tertiary alicyclic amines) is 1. The Kier molecular flexibility index (Phi) is 15.5. The monoisotopic (exact) mass is 970 g/mol. The van der Waals surface area contributed by atoms with Crippen LogP contribution in [0.5, 0.6) is 0 Å². The molecule has 3 atom stereocenters. The number of rotatable bonds is 17. The molecule has 0 unspecified atom stereocenters. The molecule has 2 fully saturated rings. The largest absolute Gasteiger partial charge is 0.501 e. The molecule has 2 aliphatic rings. The van der Waals surface area contributed by atoms with E-state index in [1.807, 2.05) is 83.6 Å². The Hall–Kier alpha value is -4.62. The fourth-order valence-electron chi connectivity index (χ4n) is 8.59. The number of piperidine rings is 1. The van der Waals surface area contributed by atoms with Crippen molar-refractivity contribution in [3.05, 3.63) is 137 Å². The summed E-state index contributed by atoms with van der Waals surface area (Å²) >= 11 is 7.52. The van der Waals surface area contributed by atoms with Crippen molar-refractivity contribution < 1.29 is 45.0 Å². The van der Waals surface area contributed by atoms with E-state index in [0.717, 1.165) is 58.8 Å². The molecule has 0 radical (unpaired) electrons. The van der Waals surface area contributed by atoms with Crippen LogP contribution in [0.4, 0.5) is 24.5 Å². The first-order valence-electron chi connectivity index (χ1n) is 21.2. The van der Waals surface area contributed by atoms with Gasteiger partial charge in [0.05, 0.1) is 23.3 Å². The van der Waals surface area contributed by atoms with Crippen molar-refractivity contribution in [3.8, 4) is 11.1 Å². The second-order valence-electron chi connectivity index (χ2n) is 16.2. The first-order chi connectivity index (χ1) is 31.0. The quantitative estimate of drug-likeness (QED) is 0.0661. The number of aliphatic hydroxyl groups excluding tert-OH is 2. The van der Waals surface area contributed by atoms with Crippen LogP contribution >= 0.6 is 23.4 Å². The van der Waals surface area contributed by atoms with Crippen LogP contribution in [-0.2, 0) is 19.9 Å². The summed E-state index contributed by atoms with van der Waals surface area (Å²) < 4.78 is 97.9. The van der Waals surface area contributed by atoms with Crippen LogP contribution in [0.3, 0.4) is 0 Å². The van der Waals surface area contributed by atoms with E-state index >= 15 is 0 Å². The van der Waals surface area contributed by atoms with E-state index in [2.05, 4.69) is 15.1 Å². The van der Waals surface area contributed by atoms with Crippen LogP contribution < -0.4 is 14.9 Å². The fraction of sp³-hybridized carbons (Fsp3) is 0.340. The summed E-state index contributed by atoms with van der Waals surface area (Å²) in [5, 5.41) is 24.7. The minimum Gasteiger partial charge on any atom is -0.395 e.